The van der Waals surface area contributed by atoms with Gasteiger partial charge >= 0.3 is 0 Å². The zero-order valence-corrected chi connectivity index (χ0v) is 11.3. The molecule has 0 aliphatic heterocycles. The maximum atomic E-state index is 13.4. The number of hydrogen-bond acceptors (Lipinski definition) is 2. The summed E-state index contributed by atoms with van der Waals surface area (Å²) in [5.74, 6) is -0.200. The van der Waals surface area contributed by atoms with Crippen molar-refractivity contribution < 1.29 is 4.39 Å². The number of nitrogens with two attached hydrogens (primary N) is 1. The van der Waals surface area contributed by atoms with E-state index in [1.54, 1.807) is 12.1 Å². The monoisotopic (exact) mass is 250 g/mol. The molecule has 1 aliphatic rings. The van der Waals surface area contributed by atoms with Gasteiger partial charge in [-0.1, -0.05) is 12.8 Å². The third-order valence-electron chi connectivity index (χ3n) is 3.90. The van der Waals surface area contributed by atoms with Crippen LogP contribution in [-0.4, -0.2) is 12.6 Å². The largest absolute Gasteiger partial charge is 0.369 e. The van der Waals surface area contributed by atoms with Gasteiger partial charge in [-0.25, -0.2) is 4.39 Å². The van der Waals surface area contributed by atoms with Crippen molar-refractivity contribution in [2.45, 2.75) is 51.6 Å². The highest BCUT2D eigenvalue weighted by Gasteiger charge is 2.24. The summed E-state index contributed by atoms with van der Waals surface area (Å²) in [7, 11) is 0. The molecule has 100 valence electrons. The van der Waals surface area contributed by atoms with Gasteiger partial charge in [0.05, 0.1) is 0 Å². The molecule has 18 heavy (non-hydrogen) atoms. The van der Waals surface area contributed by atoms with E-state index in [1.807, 2.05) is 13.0 Å². The van der Waals surface area contributed by atoms with Crippen LogP contribution in [0.2, 0.25) is 0 Å². The Kier molecular flexibility index (Phi) is 4.23. The van der Waals surface area contributed by atoms with Gasteiger partial charge in [-0.05, 0) is 50.5 Å². The van der Waals surface area contributed by atoms with E-state index in [2.05, 4.69) is 11.8 Å². The molecule has 1 fully saturated rings. The third-order valence-corrected chi connectivity index (χ3v) is 3.90. The SMILES string of the molecule is CCN(c1ccc(F)cc1C(C)N)C1CCCC1. The molecule has 0 spiro atoms. The summed E-state index contributed by atoms with van der Waals surface area (Å²) in [5.41, 5.74) is 8.01. The molecule has 0 heterocycles. The van der Waals surface area contributed by atoms with Gasteiger partial charge in [-0.2, -0.15) is 0 Å². The quantitative estimate of drug-likeness (QED) is 0.884. The Morgan fingerprint density at radius 1 is 1.39 bits per heavy atom. The van der Waals surface area contributed by atoms with Gasteiger partial charge in [0.1, 0.15) is 5.82 Å². The van der Waals surface area contributed by atoms with Crippen LogP contribution in [0.25, 0.3) is 0 Å². The predicted octanol–water partition coefficient (Wildman–Crippen LogP) is 3.61. The smallest absolute Gasteiger partial charge is 0.123 e. The van der Waals surface area contributed by atoms with Crippen LogP contribution >= 0.6 is 0 Å². The van der Waals surface area contributed by atoms with Crippen LogP contribution in [0.5, 0.6) is 0 Å². The van der Waals surface area contributed by atoms with Crippen LogP contribution in [0.1, 0.15) is 51.1 Å². The lowest BCUT2D eigenvalue weighted by Gasteiger charge is -2.32. The molecule has 0 bridgehead atoms. The van der Waals surface area contributed by atoms with Crippen molar-refractivity contribution in [3.05, 3.63) is 29.6 Å². The van der Waals surface area contributed by atoms with Crippen molar-refractivity contribution in [3.63, 3.8) is 0 Å². The number of hydrogen-bond donors (Lipinski definition) is 1. The maximum Gasteiger partial charge on any atom is 0.123 e. The van der Waals surface area contributed by atoms with E-state index in [0.29, 0.717) is 6.04 Å². The Balaban J connectivity index is 2.34. The molecule has 0 saturated heterocycles. The van der Waals surface area contributed by atoms with Gasteiger partial charge in [-0.15, -0.1) is 0 Å². The standard InChI is InChI=1S/C15H23FN2/c1-3-18(13-6-4-5-7-13)15-9-8-12(16)10-14(15)11(2)17/h8-11,13H,3-7,17H2,1-2H3. The first kappa shape index (κ1) is 13.3. The Morgan fingerprint density at radius 3 is 2.61 bits per heavy atom. The van der Waals surface area contributed by atoms with E-state index < -0.39 is 0 Å². The molecule has 0 aromatic heterocycles. The fraction of sp³-hybridized carbons (Fsp3) is 0.600. The fourth-order valence-electron chi connectivity index (χ4n) is 2.99. The summed E-state index contributed by atoms with van der Waals surface area (Å²) in [6.07, 6.45) is 5.08. The van der Waals surface area contributed by atoms with Crippen molar-refractivity contribution in [2.24, 2.45) is 5.73 Å². The van der Waals surface area contributed by atoms with Crippen LogP contribution in [0.3, 0.4) is 0 Å². The lowest BCUT2D eigenvalue weighted by Crippen LogP contribution is -2.34. The zero-order chi connectivity index (χ0) is 13.1. The van der Waals surface area contributed by atoms with E-state index in [0.717, 1.165) is 17.8 Å². The van der Waals surface area contributed by atoms with E-state index in [1.165, 1.54) is 25.7 Å². The third kappa shape index (κ3) is 2.66. The van der Waals surface area contributed by atoms with Crippen molar-refractivity contribution in [2.75, 3.05) is 11.4 Å². The maximum absolute atomic E-state index is 13.4. The van der Waals surface area contributed by atoms with Gasteiger partial charge in [0.15, 0.2) is 0 Å². The summed E-state index contributed by atoms with van der Waals surface area (Å²) in [6, 6.07) is 5.47. The van der Waals surface area contributed by atoms with Crippen LogP contribution in [-0.2, 0) is 0 Å². The van der Waals surface area contributed by atoms with Gasteiger partial charge in [0.25, 0.3) is 0 Å². The molecule has 1 unspecified atom stereocenters. The summed E-state index contributed by atoms with van der Waals surface area (Å²) < 4.78 is 13.4. The number of halogens is 1. The molecule has 1 aliphatic carbocycles. The molecule has 2 N–H and O–H groups in total. The van der Waals surface area contributed by atoms with E-state index in [9.17, 15) is 4.39 Å². The molecule has 0 amide bonds. The Bertz CT molecular complexity index is 397. The fourth-order valence-corrected chi connectivity index (χ4v) is 2.99. The summed E-state index contributed by atoms with van der Waals surface area (Å²) in [4.78, 5) is 2.39. The van der Waals surface area contributed by atoms with Crippen molar-refractivity contribution in [1.82, 2.24) is 0 Å². The van der Waals surface area contributed by atoms with Gasteiger partial charge in [-0.3, -0.25) is 0 Å². The summed E-state index contributed by atoms with van der Waals surface area (Å²) >= 11 is 0. The second-order valence-electron chi connectivity index (χ2n) is 5.22. The average Bonchev–Trinajstić information content (AvgIpc) is 2.85. The topological polar surface area (TPSA) is 29.3 Å². The minimum atomic E-state index is -0.200. The first-order valence-corrected chi connectivity index (χ1v) is 6.95. The Morgan fingerprint density at radius 2 is 2.06 bits per heavy atom. The van der Waals surface area contributed by atoms with Crippen LogP contribution in [0.15, 0.2) is 18.2 Å². The second-order valence-corrected chi connectivity index (χ2v) is 5.22. The molecular weight excluding hydrogens is 227 g/mol. The first-order chi connectivity index (χ1) is 8.63. The lowest BCUT2D eigenvalue weighted by molar-refractivity contribution is 0.603. The first-order valence-electron chi connectivity index (χ1n) is 6.95. The second kappa shape index (κ2) is 5.70. The van der Waals surface area contributed by atoms with Gasteiger partial charge < -0.3 is 10.6 Å². The molecule has 2 nitrogen and oxygen atoms in total. The highest BCUT2D eigenvalue weighted by atomic mass is 19.1. The highest BCUT2D eigenvalue weighted by molar-refractivity contribution is 5.56. The number of anilines is 1. The van der Waals surface area contributed by atoms with Gasteiger partial charge in [0.2, 0.25) is 0 Å². The van der Waals surface area contributed by atoms with Gasteiger partial charge in [0, 0.05) is 24.3 Å². The molecule has 0 radical (unpaired) electrons. The number of benzene rings is 1. The highest BCUT2D eigenvalue weighted by Crippen LogP contribution is 2.32. The van der Waals surface area contributed by atoms with E-state index in [-0.39, 0.29) is 11.9 Å². The van der Waals surface area contributed by atoms with Crippen molar-refractivity contribution in [3.8, 4) is 0 Å². The van der Waals surface area contributed by atoms with Crippen LogP contribution in [0.4, 0.5) is 10.1 Å². The van der Waals surface area contributed by atoms with Crippen LogP contribution in [0, 0.1) is 5.82 Å². The van der Waals surface area contributed by atoms with E-state index >= 15 is 0 Å². The number of nitrogens with zero attached hydrogens (tertiary/aromatic N) is 1. The van der Waals surface area contributed by atoms with Crippen molar-refractivity contribution in [1.29, 1.82) is 0 Å². The summed E-state index contributed by atoms with van der Waals surface area (Å²) in [5, 5.41) is 0. The molecule has 1 saturated carbocycles. The molecule has 1 aromatic rings. The van der Waals surface area contributed by atoms with E-state index in [4.69, 9.17) is 5.73 Å². The molecular formula is C15H23FN2. The predicted molar refractivity (Wildman–Crippen MR) is 74.3 cm³/mol. The molecule has 2 rings (SSSR count). The minimum absolute atomic E-state index is 0.133. The number of rotatable bonds is 4. The lowest BCUT2D eigenvalue weighted by atomic mass is 10.0. The van der Waals surface area contributed by atoms with Crippen molar-refractivity contribution >= 4 is 5.69 Å². The minimum Gasteiger partial charge on any atom is -0.369 e. The van der Waals surface area contributed by atoms with Crippen LogP contribution < -0.4 is 10.6 Å². The average molecular weight is 250 g/mol. The summed E-state index contributed by atoms with van der Waals surface area (Å²) in [6.45, 7) is 5.03. The molecule has 3 heteroatoms. The normalized spacial score (nSPS) is 18.0. The Labute approximate surface area is 109 Å². The Hall–Kier alpha value is -1.09. The molecule has 1 atom stereocenters. The molecule has 1 aromatic carbocycles. The zero-order valence-electron chi connectivity index (χ0n) is 11.3.